The summed E-state index contributed by atoms with van der Waals surface area (Å²) in [4.78, 5) is 20.9. The Balaban J connectivity index is 1.52. The number of amides is 1. The van der Waals surface area contributed by atoms with Crippen molar-refractivity contribution in [3.63, 3.8) is 0 Å². The van der Waals surface area contributed by atoms with Crippen LogP contribution in [0.3, 0.4) is 0 Å². The van der Waals surface area contributed by atoms with Crippen molar-refractivity contribution in [1.82, 2.24) is 19.7 Å². The van der Waals surface area contributed by atoms with Crippen LogP contribution in [-0.4, -0.2) is 32.3 Å². The molecule has 1 aliphatic rings. The Morgan fingerprint density at radius 1 is 1.29 bits per heavy atom. The molecule has 0 saturated carbocycles. The minimum atomic E-state index is -0.258. The summed E-state index contributed by atoms with van der Waals surface area (Å²) in [5.41, 5.74) is 1.22. The van der Waals surface area contributed by atoms with Crippen molar-refractivity contribution in [2.75, 3.05) is 11.9 Å². The van der Waals surface area contributed by atoms with Gasteiger partial charge in [0, 0.05) is 30.4 Å². The van der Waals surface area contributed by atoms with Crippen LogP contribution in [-0.2, 0) is 4.74 Å². The summed E-state index contributed by atoms with van der Waals surface area (Å²) in [6.45, 7) is 0.761. The summed E-state index contributed by atoms with van der Waals surface area (Å²) in [6.07, 6.45) is 7.02. The van der Waals surface area contributed by atoms with E-state index >= 15 is 0 Å². The monoisotopic (exact) mass is 341 g/mol. The number of hydrogen-bond acceptors (Lipinski definition) is 6. The number of carbonyl (C=O) groups excluding carboxylic acids is 1. The highest BCUT2D eigenvalue weighted by molar-refractivity contribution is 7.09. The van der Waals surface area contributed by atoms with Crippen LogP contribution >= 0.6 is 11.3 Å². The first kappa shape index (κ1) is 15.0. The summed E-state index contributed by atoms with van der Waals surface area (Å²) in [7, 11) is 0. The third-order valence-electron chi connectivity index (χ3n) is 3.75. The maximum Gasteiger partial charge on any atom is 0.276 e. The van der Waals surface area contributed by atoms with Gasteiger partial charge in [-0.25, -0.2) is 9.67 Å². The van der Waals surface area contributed by atoms with Gasteiger partial charge in [-0.2, -0.15) is 5.10 Å². The van der Waals surface area contributed by atoms with Crippen LogP contribution in [0.5, 0.6) is 0 Å². The van der Waals surface area contributed by atoms with E-state index in [4.69, 9.17) is 4.74 Å². The van der Waals surface area contributed by atoms with Gasteiger partial charge in [0.05, 0.1) is 11.9 Å². The molecule has 0 aromatic carbocycles. The number of rotatable bonds is 4. The molecule has 1 N–H and O–H groups in total. The Bertz CT molecular complexity index is 839. The van der Waals surface area contributed by atoms with E-state index in [1.807, 2.05) is 12.1 Å². The van der Waals surface area contributed by atoms with Gasteiger partial charge in [0.15, 0.2) is 0 Å². The lowest BCUT2D eigenvalue weighted by Crippen LogP contribution is -2.15. The van der Waals surface area contributed by atoms with Gasteiger partial charge < -0.3 is 10.1 Å². The van der Waals surface area contributed by atoms with Crippen LogP contribution in [0.4, 0.5) is 5.82 Å². The molecular formula is C16H15N5O2S. The fraction of sp³-hybridized carbons (Fsp3) is 0.250. The number of thiazole rings is 1. The highest BCUT2D eigenvalue weighted by Crippen LogP contribution is 2.30. The highest BCUT2D eigenvalue weighted by atomic mass is 32.1. The third kappa shape index (κ3) is 2.93. The summed E-state index contributed by atoms with van der Waals surface area (Å²) in [5.74, 6) is 0.323. The SMILES string of the molecule is O=C(Nc1ccnn1-c1ccncc1)c1csc([C@@H]2CCCO2)n1. The van der Waals surface area contributed by atoms with E-state index in [0.717, 1.165) is 30.1 Å². The Morgan fingerprint density at radius 3 is 2.96 bits per heavy atom. The van der Waals surface area contributed by atoms with Crippen LogP contribution in [0.1, 0.15) is 34.4 Å². The van der Waals surface area contributed by atoms with E-state index in [1.54, 1.807) is 34.7 Å². The largest absolute Gasteiger partial charge is 0.371 e. The van der Waals surface area contributed by atoms with E-state index in [2.05, 4.69) is 20.4 Å². The fourth-order valence-electron chi connectivity index (χ4n) is 2.58. The first-order chi connectivity index (χ1) is 11.8. The minimum Gasteiger partial charge on any atom is -0.371 e. The topological polar surface area (TPSA) is 81.9 Å². The van der Waals surface area contributed by atoms with Crippen molar-refractivity contribution in [2.24, 2.45) is 0 Å². The van der Waals surface area contributed by atoms with E-state index in [1.165, 1.54) is 11.3 Å². The average Bonchev–Trinajstić information content (AvgIpc) is 3.36. The number of nitrogens with one attached hydrogen (secondary N) is 1. The molecule has 1 amide bonds. The Labute approximate surface area is 142 Å². The third-order valence-corrected chi connectivity index (χ3v) is 4.69. The van der Waals surface area contributed by atoms with E-state index in [0.29, 0.717) is 11.5 Å². The molecule has 4 heterocycles. The molecule has 3 aromatic heterocycles. The Hall–Kier alpha value is -2.58. The predicted octanol–water partition coefficient (Wildman–Crippen LogP) is 2.83. The van der Waals surface area contributed by atoms with Gasteiger partial charge in [0.2, 0.25) is 0 Å². The van der Waals surface area contributed by atoms with Gasteiger partial charge in [-0.15, -0.1) is 11.3 Å². The summed E-state index contributed by atoms with van der Waals surface area (Å²) < 4.78 is 7.26. The fourth-order valence-corrected chi connectivity index (χ4v) is 3.46. The van der Waals surface area contributed by atoms with Crippen molar-refractivity contribution >= 4 is 23.1 Å². The van der Waals surface area contributed by atoms with E-state index in [9.17, 15) is 4.79 Å². The molecular weight excluding hydrogens is 326 g/mol. The maximum atomic E-state index is 12.5. The number of nitrogens with zero attached hydrogens (tertiary/aromatic N) is 4. The molecule has 1 aliphatic heterocycles. The van der Waals surface area contributed by atoms with Crippen LogP contribution in [0, 0.1) is 0 Å². The molecule has 7 nitrogen and oxygen atoms in total. The molecule has 122 valence electrons. The van der Waals surface area contributed by atoms with Gasteiger partial charge >= 0.3 is 0 Å². The predicted molar refractivity (Wildman–Crippen MR) is 89.4 cm³/mol. The molecule has 0 unspecified atom stereocenters. The maximum absolute atomic E-state index is 12.5. The van der Waals surface area contributed by atoms with E-state index in [-0.39, 0.29) is 12.0 Å². The standard InChI is InChI=1S/C16H15N5O2S/c22-15(12-10-24-16(19-12)13-2-1-9-23-13)20-14-5-8-18-21(14)11-3-6-17-7-4-11/h3-8,10,13H,1-2,9H2,(H,20,22)/t13-/m0/s1. The molecule has 0 aliphatic carbocycles. The number of pyridine rings is 1. The zero-order valence-electron chi connectivity index (χ0n) is 12.8. The number of ether oxygens (including phenoxy) is 1. The second-order valence-corrected chi connectivity index (χ2v) is 6.25. The summed E-state index contributed by atoms with van der Waals surface area (Å²) in [5, 5.41) is 9.72. The van der Waals surface area contributed by atoms with Crippen molar-refractivity contribution in [3.8, 4) is 5.69 Å². The second-order valence-electron chi connectivity index (χ2n) is 5.36. The second kappa shape index (κ2) is 6.50. The molecule has 24 heavy (non-hydrogen) atoms. The average molecular weight is 341 g/mol. The van der Waals surface area contributed by atoms with Crippen LogP contribution in [0.2, 0.25) is 0 Å². The van der Waals surface area contributed by atoms with Crippen molar-refractivity contribution in [1.29, 1.82) is 0 Å². The van der Waals surface area contributed by atoms with Crippen molar-refractivity contribution in [3.05, 3.63) is 52.9 Å². The molecule has 8 heteroatoms. The Kier molecular flexibility index (Phi) is 4.06. The first-order valence-corrected chi connectivity index (χ1v) is 8.52. The number of carbonyl (C=O) groups is 1. The van der Waals surface area contributed by atoms with Crippen LogP contribution in [0.25, 0.3) is 5.69 Å². The quantitative estimate of drug-likeness (QED) is 0.789. The molecule has 1 atom stereocenters. The van der Waals surface area contributed by atoms with Gasteiger partial charge in [-0.3, -0.25) is 9.78 Å². The van der Waals surface area contributed by atoms with Gasteiger partial charge in [-0.1, -0.05) is 0 Å². The van der Waals surface area contributed by atoms with E-state index < -0.39 is 0 Å². The van der Waals surface area contributed by atoms with Gasteiger partial charge in [-0.05, 0) is 25.0 Å². The smallest absolute Gasteiger partial charge is 0.276 e. The lowest BCUT2D eigenvalue weighted by molar-refractivity contribution is 0.101. The molecule has 3 aromatic rings. The molecule has 1 fully saturated rings. The normalized spacial score (nSPS) is 17.1. The van der Waals surface area contributed by atoms with Gasteiger partial charge in [0.1, 0.15) is 22.6 Å². The molecule has 1 saturated heterocycles. The molecule has 0 spiro atoms. The first-order valence-electron chi connectivity index (χ1n) is 7.64. The molecule has 0 radical (unpaired) electrons. The van der Waals surface area contributed by atoms with Gasteiger partial charge in [0.25, 0.3) is 5.91 Å². The number of aromatic nitrogens is 4. The van der Waals surface area contributed by atoms with Crippen molar-refractivity contribution in [2.45, 2.75) is 18.9 Å². The lowest BCUT2D eigenvalue weighted by Gasteiger charge is -2.07. The summed E-state index contributed by atoms with van der Waals surface area (Å²) >= 11 is 1.46. The lowest BCUT2D eigenvalue weighted by atomic mass is 10.2. The zero-order valence-corrected chi connectivity index (χ0v) is 13.6. The molecule has 0 bridgehead atoms. The highest BCUT2D eigenvalue weighted by Gasteiger charge is 2.22. The van der Waals surface area contributed by atoms with Crippen LogP contribution in [0.15, 0.2) is 42.2 Å². The number of anilines is 1. The zero-order chi connectivity index (χ0) is 16.4. The Morgan fingerprint density at radius 2 is 2.17 bits per heavy atom. The van der Waals surface area contributed by atoms with Crippen LogP contribution < -0.4 is 5.32 Å². The minimum absolute atomic E-state index is 0.0268. The summed E-state index contributed by atoms with van der Waals surface area (Å²) in [6, 6.07) is 5.38. The molecule has 4 rings (SSSR count). The van der Waals surface area contributed by atoms with Crippen molar-refractivity contribution < 1.29 is 9.53 Å². The number of hydrogen-bond donors (Lipinski definition) is 1.